The van der Waals surface area contributed by atoms with Crippen molar-refractivity contribution in [3.05, 3.63) is 29.8 Å². The molecule has 2 rings (SSSR count). The van der Waals surface area contributed by atoms with Crippen molar-refractivity contribution in [2.24, 2.45) is 0 Å². The van der Waals surface area contributed by atoms with Crippen LogP contribution in [0.5, 0.6) is 0 Å². The number of rotatable bonds is 2. The maximum Gasteiger partial charge on any atom is 0.243 e. The molecular formula is C15H19NO4S. The van der Waals surface area contributed by atoms with E-state index in [1.165, 1.54) is 16.4 Å². The van der Waals surface area contributed by atoms with E-state index in [9.17, 15) is 13.5 Å². The van der Waals surface area contributed by atoms with Crippen LogP contribution in [0.25, 0.3) is 0 Å². The lowest BCUT2D eigenvalue weighted by molar-refractivity contribution is 0.0126. The second kappa shape index (κ2) is 6.16. The zero-order valence-corrected chi connectivity index (χ0v) is 12.7. The Bertz CT molecular complexity index is 643. The molecule has 0 aromatic heterocycles. The van der Waals surface area contributed by atoms with Crippen molar-refractivity contribution in [2.75, 3.05) is 19.7 Å². The van der Waals surface area contributed by atoms with Gasteiger partial charge in [-0.15, -0.1) is 0 Å². The first-order valence-electron chi connectivity index (χ1n) is 6.77. The minimum absolute atomic E-state index is 0.221. The fourth-order valence-electron chi connectivity index (χ4n) is 2.21. The van der Waals surface area contributed by atoms with Gasteiger partial charge in [0, 0.05) is 18.7 Å². The van der Waals surface area contributed by atoms with E-state index in [2.05, 4.69) is 11.8 Å². The molecule has 5 nitrogen and oxygen atoms in total. The van der Waals surface area contributed by atoms with Crippen molar-refractivity contribution >= 4 is 10.0 Å². The molecule has 0 unspecified atom stereocenters. The lowest BCUT2D eigenvalue weighted by atomic mass is 9.95. The van der Waals surface area contributed by atoms with Gasteiger partial charge >= 0.3 is 0 Å². The van der Waals surface area contributed by atoms with Crippen molar-refractivity contribution in [1.29, 1.82) is 0 Å². The van der Waals surface area contributed by atoms with E-state index < -0.39 is 15.6 Å². The van der Waals surface area contributed by atoms with Gasteiger partial charge in [0.25, 0.3) is 0 Å². The van der Waals surface area contributed by atoms with Gasteiger partial charge in [0.05, 0.1) is 10.5 Å². The number of sulfonamides is 1. The third kappa shape index (κ3) is 3.83. The first-order valence-corrected chi connectivity index (χ1v) is 8.21. The van der Waals surface area contributed by atoms with E-state index >= 15 is 0 Å². The molecular weight excluding hydrogens is 290 g/mol. The van der Waals surface area contributed by atoms with Crippen molar-refractivity contribution in [3.63, 3.8) is 0 Å². The highest BCUT2D eigenvalue weighted by atomic mass is 32.2. The van der Waals surface area contributed by atoms with Gasteiger partial charge in [0.15, 0.2) is 0 Å². The topological polar surface area (TPSA) is 77.8 Å². The van der Waals surface area contributed by atoms with Gasteiger partial charge in [-0.1, -0.05) is 11.8 Å². The summed E-state index contributed by atoms with van der Waals surface area (Å²) in [4.78, 5) is 0.221. The van der Waals surface area contributed by atoms with Crippen LogP contribution in [0.1, 0.15) is 25.3 Å². The fourth-order valence-corrected chi connectivity index (χ4v) is 3.65. The maximum absolute atomic E-state index is 12.5. The van der Waals surface area contributed by atoms with E-state index in [4.69, 9.17) is 5.11 Å². The molecule has 0 aliphatic carbocycles. The molecule has 0 saturated carbocycles. The summed E-state index contributed by atoms with van der Waals surface area (Å²) in [6, 6.07) is 6.28. The molecule has 1 aliphatic heterocycles. The normalized spacial score (nSPS) is 18.8. The van der Waals surface area contributed by atoms with Gasteiger partial charge in [-0.3, -0.25) is 0 Å². The highest BCUT2D eigenvalue weighted by Crippen LogP contribution is 2.26. The summed E-state index contributed by atoms with van der Waals surface area (Å²) >= 11 is 0. The predicted molar refractivity (Wildman–Crippen MR) is 79.0 cm³/mol. The Balaban J connectivity index is 2.16. The average Bonchev–Trinajstić information content (AvgIpc) is 2.45. The Morgan fingerprint density at radius 2 is 1.81 bits per heavy atom. The van der Waals surface area contributed by atoms with Gasteiger partial charge in [-0.25, -0.2) is 8.42 Å². The molecule has 1 heterocycles. The molecule has 6 heteroatoms. The number of aliphatic hydroxyl groups excluding tert-OH is 1. The molecule has 0 radical (unpaired) electrons. The van der Waals surface area contributed by atoms with Crippen LogP contribution in [-0.2, 0) is 10.0 Å². The molecule has 114 valence electrons. The van der Waals surface area contributed by atoms with E-state index in [1.807, 2.05) is 0 Å². The van der Waals surface area contributed by atoms with Crippen LogP contribution in [0.15, 0.2) is 29.2 Å². The van der Waals surface area contributed by atoms with Crippen molar-refractivity contribution in [2.45, 2.75) is 30.3 Å². The third-order valence-electron chi connectivity index (χ3n) is 3.60. The Morgan fingerprint density at radius 1 is 1.24 bits per heavy atom. The molecule has 1 saturated heterocycles. The van der Waals surface area contributed by atoms with Crippen LogP contribution in [0, 0.1) is 11.8 Å². The van der Waals surface area contributed by atoms with Gasteiger partial charge in [0.2, 0.25) is 10.0 Å². The fraction of sp³-hybridized carbons (Fsp3) is 0.467. The average molecular weight is 309 g/mol. The number of aliphatic hydroxyl groups is 2. The van der Waals surface area contributed by atoms with E-state index in [1.54, 1.807) is 19.1 Å². The maximum atomic E-state index is 12.5. The summed E-state index contributed by atoms with van der Waals surface area (Å²) in [7, 11) is -3.52. The smallest absolute Gasteiger partial charge is 0.243 e. The second-order valence-electron chi connectivity index (χ2n) is 5.39. The number of hydrogen-bond acceptors (Lipinski definition) is 4. The zero-order valence-electron chi connectivity index (χ0n) is 11.9. The van der Waals surface area contributed by atoms with Crippen LogP contribution in [0.3, 0.4) is 0 Å². The van der Waals surface area contributed by atoms with Crippen LogP contribution in [0.2, 0.25) is 0 Å². The Morgan fingerprint density at radius 3 is 2.33 bits per heavy atom. The van der Waals surface area contributed by atoms with E-state index in [0.717, 1.165) is 0 Å². The number of hydrogen-bond donors (Lipinski definition) is 2. The van der Waals surface area contributed by atoms with Gasteiger partial charge in [-0.05, 0) is 44.0 Å². The van der Waals surface area contributed by atoms with Gasteiger partial charge in [-0.2, -0.15) is 4.31 Å². The molecule has 0 amide bonds. The van der Waals surface area contributed by atoms with E-state index in [-0.39, 0.29) is 11.5 Å². The van der Waals surface area contributed by atoms with E-state index in [0.29, 0.717) is 31.5 Å². The summed E-state index contributed by atoms with van der Waals surface area (Å²) < 4.78 is 26.4. The Hall–Kier alpha value is -1.39. The van der Waals surface area contributed by atoms with Crippen molar-refractivity contribution < 1.29 is 18.6 Å². The van der Waals surface area contributed by atoms with Gasteiger partial charge in [0.1, 0.15) is 6.61 Å². The number of nitrogens with zero attached hydrogens (tertiary/aromatic N) is 1. The minimum atomic E-state index is -3.52. The standard InChI is InChI=1S/C15H19NO4S/c1-15(18)8-10-16(11-9-15)21(19,20)14-6-4-13(5-7-14)3-2-12-17/h4-7,17-18H,8-12H2,1H3. The van der Waals surface area contributed by atoms with Crippen LogP contribution in [0.4, 0.5) is 0 Å². The largest absolute Gasteiger partial charge is 0.390 e. The first kappa shape index (κ1) is 16.0. The molecule has 21 heavy (non-hydrogen) atoms. The summed E-state index contributed by atoms with van der Waals surface area (Å²) in [6.45, 7) is 2.14. The molecule has 2 N–H and O–H groups in total. The highest BCUT2D eigenvalue weighted by Gasteiger charge is 2.33. The molecule has 1 aromatic rings. The van der Waals surface area contributed by atoms with Crippen LogP contribution >= 0.6 is 0 Å². The molecule has 0 atom stereocenters. The van der Waals surface area contributed by atoms with Crippen molar-refractivity contribution in [3.8, 4) is 11.8 Å². The summed E-state index contributed by atoms with van der Waals surface area (Å²) in [5.41, 5.74) is -0.125. The second-order valence-corrected chi connectivity index (χ2v) is 7.32. The Labute approximate surface area is 125 Å². The lowest BCUT2D eigenvalue weighted by Crippen LogP contribution is -2.45. The zero-order chi connectivity index (χ0) is 15.5. The Kier molecular flexibility index (Phi) is 4.69. The third-order valence-corrected chi connectivity index (χ3v) is 5.52. The lowest BCUT2D eigenvalue weighted by Gasteiger charge is -2.34. The summed E-state index contributed by atoms with van der Waals surface area (Å²) in [6.07, 6.45) is 0.874. The molecule has 1 fully saturated rings. The molecule has 0 spiro atoms. The monoisotopic (exact) mass is 309 g/mol. The summed E-state index contributed by atoms with van der Waals surface area (Å²) in [5, 5.41) is 18.5. The number of piperidine rings is 1. The minimum Gasteiger partial charge on any atom is -0.390 e. The van der Waals surface area contributed by atoms with Crippen molar-refractivity contribution in [1.82, 2.24) is 4.31 Å². The van der Waals surface area contributed by atoms with Crippen LogP contribution < -0.4 is 0 Å². The highest BCUT2D eigenvalue weighted by molar-refractivity contribution is 7.89. The molecule has 1 aromatic carbocycles. The predicted octanol–water partition coefficient (Wildman–Crippen LogP) is 0.566. The first-order chi connectivity index (χ1) is 9.85. The SMILES string of the molecule is CC1(O)CCN(S(=O)(=O)c2ccc(C#CCO)cc2)CC1. The quantitative estimate of drug-likeness (QED) is 0.783. The number of benzene rings is 1. The summed E-state index contributed by atoms with van der Waals surface area (Å²) in [5.74, 6) is 5.23. The van der Waals surface area contributed by atoms with Gasteiger partial charge < -0.3 is 10.2 Å². The molecule has 1 aliphatic rings. The molecule has 0 bridgehead atoms. The van der Waals surface area contributed by atoms with Crippen LogP contribution in [-0.4, -0.2) is 48.2 Å².